The molecule has 21 heavy (non-hydrogen) atoms. The molecule has 0 amide bonds. The van der Waals surface area contributed by atoms with E-state index in [1.807, 2.05) is 30.3 Å². The van der Waals surface area contributed by atoms with Gasteiger partial charge < -0.3 is 14.6 Å². The summed E-state index contributed by atoms with van der Waals surface area (Å²) < 4.78 is 11.2. The zero-order chi connectivity index (χ0) is 14.7. The smallest absolute Gasteiger partial charge is 0.219 e. The van der Waals surface area contributed by atoms with E-state index in [1.54, 1.807) is 13.3 Å². The normalized spacial score (nSPS) is 17.1. The fourth-order valence-corrected chi connectivity index (χ4v) is 2.80. The molecular weight excluding hydrogens is 266 g/mol. The van der Waals surface area contributed by atoms with Crippen LogP contribution in [0.1, 0.15) is 35.6 Å². The summed E-state index contributed by atoms with van der Waals surface area (Å²) in [5.41, 5.74) is 3.03. The molecule has 1 aromatic heterocycles. The molecule has 1 heterocycles. The monoisotopic (exact) mass is 285 g/mol. The van der Waals surface area contributed by atoms with Crippen LogP contribution in [0, 0.1) is 0 Å². The number of rotatable bonds is 4. The van der Waals surface area contributed by atoms with E-state index in [0.717, 1.165) is 41.7 Å². The van der Waals surface area contributed by atoms with Crippen molar-refractivity contribution in [1.29, 1.82) is 0 Å². The van der Waals surface area contributed by atoms with Gasteiger partial charge in [0.25, 0.3) is 0 Å². The number of pyridine rings is 1. The predicted molar refractivity (Wildman–Crippen MR) is 79.5 cm³/mol. The molecule has 2 aromatic rings. The van der Waals surface area contributed by atoms with E-state index in [9.17, 15) is 5.11 Å². The predicted octanol–water partition coefficient (Wildman–Crippen LogP) is 3.04. The van der Waals surface area contributed by atoms with Crippen LogP contribution in [0.15, 0.2) is 36.5 Å². The standard InChI is InChI=1S/C17H19NO3/c1-20-17-12(5-4-10-18-17)11-21-16-9-3-6-13-14(16)7-2-8-15(13)19/h3-6,9-10,15,19H,2,7-8,11H2,1H3. The van der Waals surface area contributed by atoms with Crippen LogP contribution in [-0.2, 0) is 13.0 Å². The van der Waals surface area contributed by atoms with Crippen LogP contribution >= 0.6 is 0 Å². The van der Waals surface area contributed by atoms with Crippen LogP contribution in [0.5, 0.6) is 11.6 Å². The number of fused-ring (bicyclic) bond motifs is 1. The van der Waals surface area contributed by atoms with Gasteiger partial charge in [-0.1, -0.05) is 12.1 Å². The third-order valence-electron chi connectivity index (χ3n) is 3.86. The van der Waals surface area contributed by atoms with E-state index in [-0.39, 0.29) is 6.10 Å². The number of benzene rings is 1. The molecular formula is C17H19NO3. The van der Waals surface area contributed by atoms with E-state index in [1.165, 1.54) is 0 Å². The van der Waals surface area contributed by atoms with Crippen molar-refractivity contribution in [3.05, 3.63) is 53.2 Å². The Morgan fingerprint density at radius 3 is 3.05 bits per heavy atom. The molecule has 1 aromatic carbocycles. The van der Waals surface area contributed by atoms with E-state index in [0.29, 0.717) is 12.5 Å². The van der Waals surface area contributed by atoms with Gasteiger partial charge in [-0.15, -0.1) is 0 Å². The van der Waals surface area contributed by atoms with Crippen LogP contribution in [0.3, 0.4) is 0 Å². The fourth-order valence-electron chi connectivity index (χ4n) is 2.80. The highest BCUT2D eigenvalue weighted by molar-refractivity contribution is 5.43. The summed E-state index contributed by atoms with van der Waals surface area (Å²) in [6.07, 6.45) is 4.10. The maximum absolute atomic E-state index is 10.1. The molecule has 0 saturated heterocycles. The van der Waals surface area contributed by atoms with Gasteiger partial charge >= 0.3 is 0 Å². The molecule has 0 aliphatic heterocycles. The second kappa shape index (κ2) is 6.14. The lowest BCUT2D eigenvalue weighted by Gasteiger charge is -2.23. The first-order chi connectivity index (χ1) is 10.3. The van der Waals surface area contributed by atoms with Crippen molar-refractivity contribution >= 4 is 0 Å². The van der Waals surface area contributed by atoms with Crippen molar-refractivity contribution in [2.24, 2.45) is 0 Å². The Morgan fingerprint density at radius 1 is 1.29 bits per heavy atom. The Balaban J connectivity index is 1.81. The molecule has 1 atom stereocenters. The van der Waals surface area contributed by atoms with Gasteiger partial charge in [-0.05, 0) is 48.6 Å². The average molecular weight is 285 g/mol. The van der Waals surface area contributed by atoms with Crippen molar-refractivity contribution < 1.29 is 14.6 Å². The maximum Gasteiger partial charge on any atom is 0.219 e. The van der Waals surface area contributed by atoms with Crippen LogP contribution < -0.4 is 9.47 Å². The van der Waals surface area contributed by atoms with Gasteiger partial charge in [-0.2, -0.15) is 0 Å². The first-order valence-electron chi connectivity index (χ1n) is 7.20. The Hall–Kier alpha value is -2.07. The highest BCUT2D eigenvalue weighted by Crippen LogP contribution is 2.35. The molecule has 1 unspecified atom stereocenters. The summed E-state index contributed by atoms with van der Waals surface area (Å²) in [6, 6.07) is 9.68. The maximum atomic E-state index is 10.1. The average Bonchev–Trinajstić information content (AvgIpc) is 2.53. The topological polar surface area (TPSA) is 51.6 Å². The molecule has 1 aliphatic carbocycles. The molecule has 1 aliphatic rings. The molecule has 0 bridgehead atoms. The minimum absolute atomic E-state index is 0.370. The molecule has 110 valence electrons. The zero-order valence-electron chi connectivity index (χ0n) is 12.1. The Morgan fingerprint density at radius 2 is 2.19 bits per heavy atom. The Kier molecular flexibility index (Phi) is 4.06. The number of aliphatic hydroxyl groups is 1. The number of ether oxygens (including phenoxy) is 2. The van der Waals surface area contributed by atoms with Gasteiger partial charge in [0.1, 0.15) is 12.4 Å². The van der Waals surface area contributed by atoms with Crippen molar-refractivity contribution in [1.82, 2.24) is 4.98 Å². The summed E-state index contributed by atoms with van der Waals surface area (Å²) in [7, 11) is 1.60. The van der Waals surface area contributed by atoms with Gasteiger partial charge in [0, 0.05) is 6.20 Å². The summed E-state index contributed by atoms with van der Waals surface area (Å²) in [5, 5.41) is 10.1. The summed E-state index contributed by atoms with van der Waals surface area (Å²) >= 11 is 0. The second-order valence-corrected chi connectivity index (χ2v) is 5.19. The van der Waals surface area contributed by atoms with Crippen LogP contribution in [0.25, 0.3) is 0 Å². The summed E-state index contributed by atoms with van der Waals surface area (Å²) in [4.78, 5) is 4.17. The van der Waals surface area contributed by atoms with Crippen LogP contribution in [-0.4, -0.2) is 17.2 Å². The first kappa shape index (κ1) is 13.9. The quantitative estimate of drug-likeness (QED) is 0.938. The number of hydrogen-bond acceptors (Lipinski definition) is 4. The number of aliphatic hydroxyl groups excluding tert-OH is 1. The Labute approximate surface area is 124 Å². The highest BCUT2D eigenvalue weighted by Gasteiger charge is 2.21. The van der Waals surface area contributed by atoms with Crippen molar-refractivity contribution in [3.8, 4) is 11.6 Å². The lowest BCUT2D eigenvalue weighted by atomic mass is 9.89. The summed E-state index contributed by atoms with van der Waals surface area (Å²) in [5.74, 6) is 1.43. The number of hydrogen-bond donors (Lipinski definition) is 1. The van der Waals surface area contributed by atoms with Gasteiger partial charge in [0.2, 0.25) is 5.88 Å². The molecule has 0 saturated carbocycles. The van der Waals surface area contributed by atoms with Crippen molar-refractivity contribution in [2.45, 2.75) is 32.0 Å². The van der Waals surface area contributed by atoms with Gasteiger partial charge in [0.05, 0.1) is 18.8 Å². The molecule has 0 radical (unpaired) electrons. The summed E-state index contributed by atoms with van der Waals surface area (Å²) in [6.45, 7) is 0.406. The molecule has 3 rings (SSSR count). The van der Waals surface area contributed by atoms with Crippen molar-refractivity contribution in [2.75, 3.05) is 7.11 Å². The number of aromatic nitrogens is 1. The molecule has 4 nitrogen and oxygen atoms in total. The molecule has 0 spiro atoms. The first-order valence-corrected chi connectivity index (χ1v) is 7.20. The SMILES string of the molecule is COc1ncccc1COc1cccc2c1CCCC2O. The van der Waals surface area contributed by atoms with Gasteiger partial charge in [-0.3, -0.25) is 0 Å². The molecule has 4 heteroatoms. The molecule has 0 fully saturated rings. The second-order valence-electron chi connectivity index (χ2n) is 5.19. The lowest BCUT2D eigenvalue weighted by Crippen LogP contribution is -2.11. The van der Waals surface area contributed by atoms with Gasteiger partial charge in [0.15, 0.2) is 0 Å². The van der Waals surface area contributed by atoms with E-state index in [2.05, 4.69) is 4.98 Å². The minimum Gasteiger partial charge on any atom is -0.488 e. The number of nitrogens with zero attached hydrogens (tertiary/aromatic N) is 1. The van der Waals surface area contributed by atoms with E-state index >= 15 is 0 Å². The van der Waals surface area contributed by atoms with E-state index < -0.39 is 0 Å². The molecule has 1 N–H and O–H groups in total. The Bertz CT molecular complexity index is 627. The highest BCUT2D eigenvalue weighted by atomic mass is 16.5. The van der Waals surface area contributed by atoms with Crippen LogP contribution in [0.4, 0.5) is 0 Å². The third kappa shape index (κ3) is 2.85. The lowest BCUT2D eigenvalue weighted by molar-refractivity contribution is 0.155. The zero-order valence-corrected chi connectivity index (χ0v) is 12.1. The third-order valence-corrected chi connectivity index (χ3v) is 3.86. The largest absolute Gasteiger partial charge is 0.488 e. The van der Waals surface area contributed by atoms with Crippen LogP contribution in [0.2, 0.25) is 0 Å². The van der Waals surface area contributed by atoms with Crippen molar-refractivity contribution in [3.63, 3.8) is 0 Å². The van der Waals surface area contributed by atoms with E-state index in [4.69, 9.17) is 9.47 Å². The minimum atomic E-state index is -0.370. The number of methoxy groups -OCH3 is 1. The van der Waals surface area contributed by atoms with Gasteiger partial charge in [-0.25, -0.2) is 4.98 Å². The fraction of sp³-hybridized carbons (Fsp3) is 0.353.